The molecule has 24 heavy (non-hydrogen) atoms. The van der Waals surface area contributed by atoms with Crippen LogP contribution in [0.1, 0.15) is 13.3 Å². The van der Waals surface area contributed by atoms with E-state index < -0.39 is 10.0 Å². The van der Waals surface area contributed by atoms with Gasteiger partial charge in [-0.25, -0.2) is 13.2 Å². The number of hydrogen-bond donors (Lipinski definition) is 1. The van der Waals surface area contributed by atoms with Crippen LogP contribution >= 0.6 is 12.4 Å². The predicted octanol–water partition coefficient (Wildman–Crippen LogP) is 0.658. The van der Waals surface area contributed by atoms with Crippen molar-refractivity contribution in [3.8, 4) is 0 Å². The van der Waals surface area contributed by atoms with Gasteiger partial charge in [0.25, 0.3) is 0 Å². The minimum Gasteiger partial charge on any atom is -0.330 e. The van der Waals surface area contributed by atoms with E-state index in [1.165, 1.54) is 13.4 Å². The molecule has 0 amide bonds. The van der Waals surface area contributed by atoms with Gasteiger partial charge in [0.05, 0.1) is 15.9 Å². The first-order valence-electron chi connectivity index (χ1n) is 7.55. The van der Waals surface area contributed by atoms with Gasteiger partial charge in [0.15, 0.2) is 0 Å². The van der Waals surface area contributed by atoms with Crippen LogP contribution in [0.25, 0.3) is 11.0 Å². The Morgan fingerprint density at radius 1 is 1.21 bits per heavy atom. The Morgan fingerprint density at radius 2 is 1.83 bits per heavy atom. The van der Waals surface area contributed by atoms with Crippen molar-refractivity contribution in [3.05, 3.63) is 28.7 Å². The lowest BCUT2D eigenvalue weighted by Gasteiger charge is -2.22. The molecule has 0 aliphatic carbocycles. The van der Waals surface area contributed by atoms with Gasteiger partial charge in [-0.15, -0.1) is 12.4 Å². The van der Waals surface area contributed by atoms with Crippen LogP contribution in [0, 0.1) is 5.41 Å². The first kappa shape index (κ1) is 19.0. The fourth-order valence-electron chi connectivity index (χ4n) is 3.15. The van der Waals surface area contributed by atoms with Crippen LogP contribution in [0.5, 0.6) is 0 Å². The van der Waals surface area contributed by atoms with Crippen molar-refractivity contribution in [1.29, 1.82) is 0 Å². The monoisotopic (exact) mass is 374 g/mol. The molecule has 1 saturated heterocycles. The number of hydrogen-bond acceptors (Lipinski definition) is 4. The molecule has 9 heteroatoms. The van der Waals surface area contributed by atoms with Crippen molar-refractivity contribution in [2.24, 2.45) is 25.2 Å². The third-order valence-electron chi connectivity index (χ3n) is 4.90. The number of imidazole rings is 1. The summed E-state index contributed by atoms with van der Waals surface area (Å²) in [6.07, 6.45) is 0.759. The Morgan fingerprint density at radius 3 is 2.42 bits per heavy atom. The highest BCUT2D eigenvalue weighted by Gasteiger charge is 2.39. The Hall–Kier alpha value is -1.35. The maximum atomic E-state index is 12.9. The molecule has 0 spiro atoms. The number of aromatic nitrogens is 2. The van der Waals surface area contributed by atoms with Crippen molar-refractivity contribution >= 4 is 33.5 Å². The summed E-state index contributed by atoms with van der Waals surface area (Å²) in [6.45, 7) is 3.37. The van der Waals surface area contributed by atoms with E-state index in [-0.39, 0.29) is 28.4 Å². The van der Waals surface area contributed by atoms with E-state index in [0.29, 0.717) is 30.7 Å². The largest absolute Gasteiger partial charge is 0.330 e. The predicted molar refractivity (Wildman–Crippen MR) is 95.9 cm³/mol. The highest BCUT2D eigenvalue weighted by molar-refractivity contribution is 7.89. The second-order valence-electron chi connectivity index (χ2n) is 6.65. The summed E-state index contributed by atoms with van der Waals surface area (Å²) in [5.41, 5.74) is 6.74. The molecule has 2 aromatic rings. The molecule has 134 valence electrons. The normalized spacial score (nSPS) is 22.0. The number of benzene rings is 1. The average Bonchev–Trinajstić information content (AvgIpc) is 3.04. The lowest BCUT2D eigenvalue weighted by molar-refractivity contribution is 0.349. The second kappa shape index (κ2) is 6.18. The number of rotatable bonds is 3. The van der Waals surface area contributed by atoms with Gasteiger partial charge in [0, 0.05) is 27.2 Å². The molecule has 0 bridgehead atoms. The zero-order chi connectivity index (χ0) is 17.0. The molecule has 1 fully saturated rings. The standard InChI is InChI=1S/C15H22N4O3S.ClH/c1-15(9-16)6-7-19(10-15)23(21,22)11-4-5-12-13(8-11)18(3)14(20)17(12)2;/h4-5,8H,6-7,9-10,16H2,1-3H3;1H. The molecule has 3 rings (SSSR count). The molecular weight excluding hydrogens is 352 g/mol. The van der Waals surface area contributed by atoms with Gasteiger partial charge in [-0.05, 0) is 36.6 Å². The summed E-state index contributed by atoms with van der Waals surface area (Å²) in [4.78, 5) is 12.2. The molecule has 2 heterocycles. The Balaban J connectivity index is 0.00000208. The number of nitrogens with zero attached hydrogens (tertiary/aromatic N) is 3. The van der Waals surface area contributed by atoms with Crippen molar-refractivity contribution in [2.75, 3.05) is 19.6 Å². The maximum Gasteiger partial charge on any atom is 0.328 e. The molecule has 7 nitrogen and oxygen atoms in total. The summed E-state index contributed by atoms with van der Waals surface area (Å²) in [5.74, 6) is 0. The van der Waals surface area contributed by atoms with Crippen LogP contribution in [0.2, 0.25) is 0 Å². The molecule has 1 aromatic carbocycles. The highest BCUT2D eigenvalue weighted by Crippen LogP contribution is 2.33. The van der Waals surface area contributed by atoms with Crippen LogP contribution in [0.4, 0.5) is 0 Å². The SMILES string of the molecule is Cl.Cn1c(=O)n(C)c2cc(S(=O)(=O)N3CCC(C)(CN)C3)ccc21. The van der Waals surface area contributed by atoms with Crippen molar-refractivity contribution in [1.82, 2.24) is 13.4 Å². The zero-order valence-electron chi connectivity index (χ0n) is 14.0. The Bertz CT molecular complexity index is 934. The highest BCUT2D eigenvalue weighted by atomic mass is 35.5. The fourth-order valence-corrected chi connectivity index (χ4v) is 4.76. The molecule has 2 N–H and O–H groups in total. The summed E-state index contributed by atoms with van der Waals surface area (Å²) < 4.78 is 30.2. The van der Waals surface area contributed by atoms with E-state index in [1.807, 2.05) is 6.92 Å². The number of fused-ring (bicyclic) bond motifs is 1. The Labute approximate surface area is 147 Å². The lowest BCUT2D eigenvalue weighted by Crippen LogP contribution is -2.34. The Kier molecular flexibility index (Phi) is 4.89. The molecule has 1 aliphatic heterocycles. The summed E-state index contributed by atoms with van der Waals surface area (Å²) in [6, 6.07) is 4.82. The maximum absolute atomic E-state index is 12.9. The van der Waals surface area contributed by atoms with Crippen LogP contribution in [-0.4, -0.2) is 41.5 Å². The molecule has 1 aromatic heterocycles. The van der Waals surface area contributed by atoms with E-state index in [4.69, 9.17) is 5.73 Å². The molecule has 1 atom stereocenters. The van der Waals surface area contributed by atoms with Crippen molar-refractivity contribution < 1.29 is 8.42 Å². The van der Waals surface area contributed by atoms with Crippen LogP contribution in [-0.2, 0) is 24.1 Å². The number of sulfonamides is 1. The number of aryl methyl sites for hydroxylation is 2. The molecule has 1 unspecified atom stereocenters. The molecule has 1 aliphatic rings. The lowest BCUT2D eigenvalue weighted by atomic mass is 9.90. The first-order chi connectivity index (χ1) is 10.7. The van der Waals surface area contributed by atoms with E-state index >= 15 is 0 Å². The minimum absolute atomic E-state index is 0. The molecule has 0 radical (unpaired) electrons. The number of halogens is 1. The van der Waals surface area contributed by atoms with Crippen molar-refractivity contribution in [3.63, 3.8) is 0 Å². The van der Waals surface area contributed by atoms with Gasteiger partial charge in [-0.1, -0.05) is 6.92 Å². The van der Waals surface area contributed by atoms with E-state index in [1.54, 1.807) is 32.3 Å². The van der Waals surface area contributed by atoms with Crippen LogP contribution in [0.3, 0.4) is 0 Å². The van der Waals surface area contributed by atoms with E-state index in [2.05, 4.69) is 0 Å². The fraction of sp³-hybridized carbons (Fsp3) is 0.533. The smallest absolute Gasteiger partial charge is 0.328 e. The van der Waals surface area contributed by atoms with Gasteiger partial charge >= 0.3 is 5.69 Å². The second-order valence-corrected chi connectivity index (χ2v) is 8.59. The minimum atomic E-state index is -3.58. The number of nitrogens with two attached hydrogens (primary N) is 1. The van der Waals surface area contributed by atoms with Gasteiger partial charge in [-0.3, -0.25) is 9.13 Å². The van der Waals surface area contributed by atoms with E-state index in [9.17, 15) is 13.2 Å². The molecular formula is C15H23ClN4O3S. The van der Waals surface area contributed by atoms with Crippen LogP contribution in [0.15, 0.2) is 27.9 Å². The average molecular weight is 375 g/mol. The van der Waals surface area contributed by atoms with Gasteiger partial charge in [0.2, 0.25) is 10.0 Å². The summed E-state index contributed by atoms with van der Waals surface area (Å²) in [5, 5.41) is 0. The van der Waals surface area contributed by atoms with Gasteiger partial charge in [0.1, 0.15) is 0 Å². The first-order valence-corrected chi connectivity index (χ1v) is 8.99. The topological polar surface area (TPSA) is 90.3 Å². The van der Waals surface area contributed by atoms with Gasteiger partial charge in [-0.2, -0.15) is 4.31 Å². The third-order valence-corrected chi connectivity index (χ3v) is 6.74. The third kappa shape index (κ3) is 2.77. The van der Waals surface area contributed by atoms with Crippen LogP contribution < -0.4 is 11.4 Å². The molecule has 0 saturated carbocycles. The van der Waals surface area contributed by atoms with Crippen molar-refractivity contribution in [2.45, 2.75) is 18.2 Å². The van der Waals surface area contributed by atoms with Gasteiger partial charge < -0.3 is 5.73 Å². The summed E-state index contributed by atoms with van der Waals surface area (Å²) >= 11 is 0. The van der Waals surface area contributed by atoms with E-state index in [0.717, 1.165) is 6.42 Å². The zero-order valence-corrected chi connectivity index (χ0v) is 15.7. The summed E-state index contributed by atoms with van der Waals surface area (Å²) in [7, 11) is -0.265. The quantitative estimate of drug-likeness (QED) is 0.854.